The molecule has 1 amide bonds. The van der Waals surface area contributed by atoms with E-state index in [0.29, 0.717) is 13.0 Å². The summed E-state index contributed by atoms with van der Waals surface area (Å²) in [7, 11) is 1.62. The molecule has 2 aromatic carbocycles. The predicted octanol–water partition coefficient (Wildman–Crippen LogP) is 3.79. The second kappa shape index (κ2) is 8.39. The molecule has 0 saturated carbocycles. The lowest BCUT2D eigenvalue weighted by Gasteiger charge is -2.18. The first-order valence-corrected chi connectivity index (χ1v) is 8.18. The van der Waals surface area contributed by atoms with Gasteiger partial charge < -0.3 is 14.8 Å². The Hall–Kier alpha value is -2.49. The Balaban J connectivity index is 2.01. The molecule has 0 fully saturated rings. The molecule has 0 aliphatic heterocycles. The summed E-state index contributed by atoms with van der Waals surface area (Å²) < 4.78 is 11.2. The Morgan fingerprint density at radius 1 is 1.12 bits per heavy atom. The van der Waals surface area contributed by atoms with Crippen molar-refractivity contribution in [3.63, 3.8) is 0 Å². The zero-order valence-corrected chi connectivity index (χ0v) is 14.8. The number of carbonyl (C=O) groups is 1. The second-order valence-corrected chi connectivity index (χ2v) is 5.87. The number of para-hydroxylation sites is 1. The fraction of sp³-hybridized carbons (Fsp3) is 0.350. The highest BCUT2D eigenvalue weighted by atomic mass is 16.5. The summed E-state index contributed by atoms with van der Waals surface area (Å²) in [5.74, 6) is 1.37. The molecule has 0 bridgehead atoms. The number of aryl methyl sites for hydroxylation is 2. The molecular weight excluding hydrogens is 302 g/mol. The molecule has 0 radical (unpaired) electrons. The Bertz CT molecular complexity index is 677. The van der Waals surface area contributed by atoms with Crippen LogP contribution in [-0.4, -0.2) is 19.1 Å². The summed E-state index contributed by atoms with van der Waals surface area (Å²) in [6, 6.07) is 13.6. The smallest absolute Gasteiger partial charge is 0.261 e. The van der Waals surface area contributed by atoms with Gasteiger partial charge in [-0.25, -0.2) is 0 Å². The first kappa shape index (κ1) is 17.9. The molecular formula is C20H25NO3. The molecule has 2 aromatic rings. The summed E-state index contributed by atoms with van der Waals surface area (Å²) in [6.07, 6.45) is 0.0889. The van der Waals surface area contributed by atoms with E-state index in [1.807, 2.05) is 57.2 Å². The van der Waals surface area contributed by atoms with E-state index in [1.54, 1.807) is 7.11 Å². The van der Waals surface area contributed by atoms with E-state index in [-0.39, 0.29) is 5.91 Å². The number of rotatable bonds is 7. The SMILES string of the molecule is CCC(Oc1cc(C)cc(C)c1)C(=O)NCc1ccccc1OC. The van der Waals surface area contributed by atoms with Gasteiger partial charge >= 0.3 is 0 Å². The Morgan fingerprint density at radius 3 is 2.42 bits per heavy atom. The van der Waals surface area contributed by atoms with Crippen LogP contribution >= 0.6 is 0 Å². The highest BCUT2D eigenvalue weighted by Crippen LogP contribution is 2.19. The molecule has 0 aliphatic rings. The van der Waals surface area contributed by atoms with E-state index in [1.165, 1.54) is 0 Å². The van der Waals surface area contributed by atoms with Gasteiger partial charge in [-0.1, -0.05) is 31.2 Å². The van der Waals surface area contributed by atoms with Crippen LogP contribution in [0.25, 0.3) is 0 Å². The minimum atomic E-state index is -0.513. The van der Waals surface area contributed by atoms with Crippen molar-refractivity contribution in [3.05, 3.63) is 59.2 Å². The molecule has 0 aromatic heterocycles. The average molecular weight is 327 g/mol. The van der Waals surface area contributed by atoms with Crippen LogP contribution in [0.15, 0.2) is 42.5 Å². The van der Waals surface area contributed by atoms with Gasteiger partial charge in [0, 0.05) is 12.1 Å². The third kappa shape index (κ3) is 4.75. The first-order chi connectivity index (χ1) is 11.5. The van der Waals surface area contributed by atoms with Crippen molar-refractivity contribution < 1.29 is 14.3 Å². The monoisotopic (exact) mass is 327 g/mol. The average Bonchev–Trinajstić information content (AvgIpc) is 2.57. The minimum Gasteiger partial charge on any atom is -0.496 e. The topological polar surface area (TPSA) is 47.6 Å². The molecule has 24 heavy (non-hydrogen) atoms. The Morgan fingerprint density at radius 2 is 1.79 bits per heavy atom. The van der Waals surface area contributed by atoms with Crippen LogP contribution in [0.2, 0.25) is 0 Å². The number of nitrogens with one attached hydrogen (secondary N) is 1. The molecule has 4 nitrogen and oxygen atoms in total. The van der Waals surface area contributed by atoms with Crippen LogP contribution in [0.3, 0.4) is 0 Å². The fourth-order valence-corrected chi connectivity index (χ4v) is 2.63. The first-order valence-electron chi connectivity index (χ1n) is 8.18. The molecule has 4 heteroatoms. The number of ether oxygens (including phenoxy) is 2. The molecule has 0 aliphatic carbocycles. The largest absolute Gasteiger partial charge is 0.496 e. The number of carbonyl (C=O) groups excluding carboxylic acids is 1. The Kier molecular flexibility index (Phi) is 6.24. The summed E-state index contributed by atoms with van der Waals surface area (Å²) >= 11 is 0. The molecule has 0 saturated heterocycles. The fourth-order valence-electron chi connectivity index (χ4n) is 2.63. The van der Waals surface area contributed by atoms with Gasteiger partial charge in [0.05, 0.1) is 7.11 Å². The molecule has 0 spiro atoms. The van der Waals surface area contributed by atoms with Crippen molar-refractivity contribution in [1.82, 2.24) is 5.32 Å². The van der Waals surface area contributed by atoms with E-state index < -0.39 is 6.10 Å². The van der Waals surface area contributed by atoms with Crippen molar-refractivity contribution in [3.8, 4) is 11.5 Å². The predicted molar refractivity (Wildman–Crippen MR) is 95.5 cm³/mol. The lowest BCUT2D eigenvalue weighted by Crippen LogP contribution is -2.37. The lowest BCUT2D eigenvalue weighted by atomic mass is 10.1. The van der Waals surface area contributed by atoms with E-state index >= 15 is 0 Å². The lowest BCUT2D eigenvalue weighted by molar-refractivity contribution is -0.128. The number of benzene rings is 2. The van der Waals surface area contributed by atoms with Crippen LogP contribution in [0.4, 0.5) is 0 Å². The van der Waals surface area contributed by atoms with Crippen molar-refractivity contribution in [2.75, 3.05) is 7.11 Å². The molecule has 128 valence electrons. The molecule has 0 heterocycles. The van der Waals surface area contributed by atoms with Gasteiger partial charge in [-0.3, -0.25) is 4.79 Å². The second-order valence-electron chi connectivity index (χ2n) is 5.87. The van der Waals surface area contributed by atoms with Crippen molar-refractivity contribution in [2.24, 2.45) is 0 Å². The maximum atomic E-state index is 12.4. The van der Waals surface area contributed by atoms with Crippen LogP contribution in [0, 0.1) is 13.8 Å². The van der Waals surface area contributed by atoms with Crippen molar-refractivity contribution >= 4 is 5.91 Å². The molecule has 1 unspecified atom stereocenters. The maximum Gasteiger partial charge on any atom is 0.261 e. The highest BCUT2D eigenvalue weighted by molar-refractivity contribution is 5.81. The zero-order chi connectivity index (χ0) is 17.5. The quantitative estimate of drug-likeness (QED) is 0.842. The Labute approximate surface area is 143 Å². The molecule has 1 atom stereocenters. The van der Waals surface area contributed by atoms with Crippen LogP contribution in [0.5, 0.6) is 11.5 Å². The standard InChI is InChI=1S/C20H25NO3/c1-5-18(24-17-11-14(2)10-15(3)12-17)20(22)21-13-16-8-6-7-9-19(16)23-4/h6-12,18H,5,13H2,1-4H3,(H,21,22). The summed E-state index contributed by atoms with van der Waals surface area (Å²) in [5, 5.41) is 2.93. The van der Waals surface area contributed by atoms with Gasteiger partial charge in [0.15, 0.2) is 6.10 Å². The number of hydrogen-bond donors (Lipinski definition) is 1. The van der Waals surface area contributed by atoms with Crippen LogP contribution in [0.1, 0.15) is 30.0 Å². The van der Waals surface area contributed by atoms with E-state index in [4.69, 9.17) is 9.47 Å². The summed E-state index contributed by atoms with van der Waals surface area (Å²) in [4.78, 5) is 12.4. The summed E-state index contributed by atoms with van der Waals surface area (Å²) in [5.41, 5.74) is 3.18. The number of hydrogen-bond acceptors (Lipinski definition) is 3. The number of amides is 1. The van der Waals surface area contributed by atoms with Crippen molar-refractivity contribution in [2.45, 2.75) is 39.8 Å². The van der Waals surface area contributed by atoms with Gasteiger partial charge in [-0.2, -0.15) is 0 Å². The zero-order valence-electron chi connectivity index (χ0n) is 14.8. The van der Waals surface area contributed by atoms with E-state index in [2.05, 4.69) is 11.4 Å². The normalized spacial score (nSPS) is 11.7. The van der Waals surface area contributed by atoms with Gasteiger partial charge in [0.25, 0.3) is 5.91 Å². The van der Waals surface area contributed by atoms with Crippen LogP contribution < -0.4 is 14.8 Å². The molecule has 1 N–H and O–H groups in total. The van der Waals surface area contributed by atoms with Gasteiger partial charge in [-0.15, -0.1) is 0 Å². The van der Waals surface area contributed by atoms with E-state index in [9.17, 15) is 4.79 Å². The van der Waals surface area contributed by atoms with Gasteiger partial charge in [-0.05, 0) is 49.6 Å². The third-order valence-electron chi connectivity index (χ3n) is 3.78. The van der Waals surface area contributed by atoms with E-state index in [0.717, 1.165) is 28.2 Å². The minimum absolute atomic E-state index is 0.123. The van der Waals surface area contributed by atoms with Gasteiger partial charge in [0.2, 0.25) is 0 Å². The molecule has 2 rings (SSSR count). The summed E-state index contributed by atoms with van der Waals surface area (Å²) in [6.45, 7) is 6.39. The third-order valence-corrected chi connectivity index (χ3v) is 3.78. The van der Waals surface area contributed by atoms with Crippen LogP contribution in [-0.2, 0) is 11.3 Å². The van der Waals surface area contributed by atoms with Crippen molar-refractivity contribution in [1.29, 1.82) is 0 Å². The maximum absolute atomic E-state index is 12.4. The highest BCUT2D eigenvalue weighted by Gasteiger charge is 2.18. The van der Waals surface area contributed by atoms with Gasteiger partial charge in [0.1, 0.15) is 11.5 Å². The number of methoxy groups -OCH3 is 1.